The SMILES string of the molecule is CC(C)(C)OC(=O)N[C@@H](CCN[C@@H](c1nc(-c2cc(F)ccc2F)cn1Cc1ccccc1)C(C)(C)C)C(=O)O.OCCO. The summed E-state index contributed by atoms with van der Waals surface area (Å²) in [7, 11) is 0. The van der Waals surface area contributed by atoms with Crippen LogP contribution in [0, 0.1) is 17.0 Å². The number of nitrogens with zero attached hydrogens (tertiary/aromatic N) is 2. The molecule has 12 heteroatoms. The van der Waals surface area contributed by atoms with Crippen molar-refractivity contribution in [1.29, 1.82) is 0 Å². The first-order valence-corrected chi connectivity index (χ1v) is 14.3. The fraction of sp³-hybridized carbons (Fsp3) is 0.469. The van der Waals surface area contributed by atoms with Crippen molar-refractivity contribution in [3.63, 3.8) is 0 Å². The van der Waals surface area contributed by atoms with Crippen molar-refractivity contribution < 1.29 is 38.4 Å². The van der Waals surface area contributed by atoms with Crippen molar-refractivity contribution in [3.05, 3.63) is 77.8 Å². The Balaban J connectivity index is 0.00000159. The summed E-state index contributed by atoms with van der Waals surface area (Å²) in [6.45, 7) is 11.5. The number of imidazole rings is 1. The van der Waals surface area contributed by atoms with Gasteiger partial charge in [0, 0.05) is 18.3 Å². The van der Waals surface area contributed by atoms with E-state index in [1.165, 1.54) is 0 Å². The molecule has 0 aliphatic heterocycles. The van der Waals surface area contributed by atoms with Crippen LogP contribution in [0.3, 0.4) is 0 Å². The number of carboxylic acid groups (broad SMARTS) is 1. The van der Waals surface area contributed by atoms with Gasteiger partial charge in [-0.2, -0.15) is 0 Å². The summed E-state index contributed by atoms with van der Waals surface area (Å²) >= 11 is 0. The number of nitrogens with one attached hydrogen (secondary N) is 2. The normalized spacial score (nSPS) is 13.0. The van der Waals surface area contributed by atoms with E-state index in [1.807, 2.05) is 55.7 Å². The molecule has 0 unspecified atom stereocenters. The van der Waals surface area contributed by atoms with Gasteiger partial charge in [-0.05, 0) is 62.9 Å². The summed E-state index contributed by atoms with van der Waals surface area (Å²) in [6.07, 6.45) is 0.962. The molecule has 1 amide bonds. The monoisotopic (exact) mass is 618 g/mol. The standard InChI is InChI=1S/C30H38F2N4O4.C2H6O2/c1-29(2,3)25(33-15-14-23(27(37)38)35-28(39)40-30(4,5)6)26-34-24(21-16-20(31)12-13-22(21)32)18-36(26)17-19-10-8-7-9-11-19;3-1-2-4/h7-13,16,18,23,25,33H,14-15,17H2,1-6H3,(H,35,39)(H,37,38);3-4H,1-2H2/t23-,25-;/m0./s1. The van der Waals surface area contributed by atoms with E-state index in [0.717, 1.165) is 23.8 Å². The number of benzene rings is 2. The number of aliphatic hydroxyl groups is 2. The van der Waals surface area contributed by atoms with Crippen molar-refractivity contribution in [2.24, 2.45) is 5.41 Å². The van der Waals surface area contributed by atoms with Gasteiger partial charge in [0.2, 0.25) is 0 Å². The maximum Gasteiger partial charge on any atom is 0.408 e. The maximum atomic E-state index is 14.7. The van der Waals surface area contributed by atoms with Crippen LogP contribution in [0.25, 0.3) is 11.3 Å². The van der Waals surface area contributed by atoms with Gasteiger partial charge < -0.3 is 35.3 Å². The Morgan fingerprint density at radius 2 is 1.64 bits per heavy atom. The van der Waals surface area contributed by atoms with Crippen LogP contribution in [0.5, 0.6) is 0 Å². The lowest BCUT2D eigenvalue weighted by molar-refractivity contribution is -0.139. The van der Waals surface area contributed by atoms with Crippen LogP contribution >= 0.6 is 0 Å². The molecule has 0 aliphatic carbocycles. The molecule has 5 N–H and O–H groups in total. The second kappa shape index (κ2) is 16.3. The van der Waals surface area contributed by atoms with Crippen LogP contribution < -0.4 is 10.6 Å². The van der Waals surface area contributed by atoms with Gasteiger partial charge in [-0.15, -0.1) is 0 Å². The van der Waals surface area contributed by atoms with Crippen LogP contribution in [0.2, 0.25) is 0 Å². The third kappa shape index (κ3) is 11.7. The fourth-order valence-corrected chi connectivity index (χ4v) is 4.25. The molecule has 2 atom stereocenters. The molecule has 1 heterocycles. The largest absolute Gasteiger partial charge is 0.480 e. The molecule has 44 heavy (non-hydrogen) atoms. The zero-order valence-corrected chi connectivity index (χ0v) is 26.1. The van der Waals surface area contributed by atoms with E-state index >= 15 is 0 Å². The van der Waals surface area contributed by atoms with E-state index in [1.54, 1.807) is 27.0 Å². The minimum Gasteiger partial charge on any atom is -0.480 e. The number of ether oxygens (including phenoxy) is 1. The predicted octanol–water partition coefficient (Wildman–Crippen LogP) is 4.89. The average molecular weight is 619 g/mol. The first-order valence-electron chi connectivity index (χ1n) is 14.3. The summed E-state index contributed by atoms with van der Waals surface area (Å²) in [4.78, 5) is 28.8. The number of aliphatic carboxylic acids is 1. The molecule has 0 spiro atoms. The van der Waals surface area contributed by atoms with Gasteiger partial charge in [0.15, 0.2) is 0 Å². The summed E-state index contributed by atoms with van der Waals surface area (Å²) in [5.74, 6) is -1.76. The highest BCUT2D eigenvalue weighted by Gasteiger charge is 2.32. The molecule has 2 aromatic carbocycles. The molecule has 1 aromatic heterocycles. The Morgan fingerprint density at radius 3 is 2.18 bits per heavy atom. The van der Waals surface area contributed by atoms with E-state index in [9.17, 15) is 23.5 Å². The molecular weight excluding hydrogens is 574 g/mol. The Bertz CT molecular complexity index is 1350. The third-order valence-electron chi connectivity index (χ3n) is 6.20. The van der Waals surface area contributed by atoms with Gasteiger partial charge in [-0.1, -0.05) is 51.1 Å². The zero-order chi connectivity index (χ0) is 33.1. The number of carbonyl (C=O) groups is 2. The lowest BCUT2D eigenvalue weighted by Crippen LogP contribution is -2.45. The highest BCUT2D eigenvalue weighted by molar-refractivity contribution is 5.80. The van der Waals surface area contributed by atoms with E-state index in [4.69, 9.17) is 19.9 Å². The number of hydrogen-bond acceptors (Lipinski definition) is 7. The first kappa shape index (κ1) is 36.3. The van der Waals surface area contributed by atoms with Crippen molar-refractivity contribution in [2.75, 3.05) is 19.8 Å². The number of carboxylic acids is 1. The number of aromatic nitrogens is 2. The summed E-state index contributed by atoms with van der Waals surface area (Å²) in [5, 5.41) is 30.7. The number of alkyl carbamates (subject to hydrolysis) is 1. The molecule has 0 bridgehead atoms. The smallest absolute Gasteiger partial charge is 0.408 e. The molecular formula is C32H44F2N4O6. The molecule has 10 nitrogen and oxygen atoms in total. The Morgan fingerprint density at radius 1 is 1.00 bits per heavy atom. The number of hydrogen-bond donors (Lipinski definition) is 5. The molecule has 3 aromatic rings. The summed E-state index contributed by atoms with van der Waals surface area (Å²) in [5.41, 5.74) is 0.154. The van der Waals surface area contributed by atoms with Crippen LogP contribution in [-0.4, -0.2) is 68.3 Å². The van der Waals surface area contributed by atoms with Gasteiger partial charge in [0.25, 0.3) is 0 Å². The molecule has 3 rings (SSSR count). The van der Waals surface area contributed by atoms with E-state index in [-0.39, 0.29) is 37.4 Å². The zero-order valence-electron chi connectivity index (χ0n) is 26.1. The van der Waals surface area contributed by atoms with Crippen molar-refractivity contribution in [1.82, 2.24) is 20.2 Å². The van der Waals surface area contributed by atoms with E-state index in [0.29, 0.717) is 12.4 Å². The Hall–Kier alpha value is -3.87. The van der Waals surface area contributed by atoms with Crippen LogP contribution in [0.4, 0.5) is 13.6 Å². The molecule has 0 radical (unpaired) electrons. The molecule has 0 saturated carbocycles. The first-order chi connectivity index (χ1) is 20.6. The molecule has 0 aliphatic rings. The second-order valence-corrected chi connectivity index (χ2v) is 12.2. The molecule has 242 valence electrons. The maximum absolute atomic E-state index is 14.7. The topological polar surface area (TPSA) is 146 Å². The summed E-state index contributed by atoms with van der Waals surface area (Å²) < 4.78 is 35.8. The van der Waals surface area contributed by atoms with E-state index < -0.39 is 46.8 Å². The number of carbonyl (C=O) groups excluding carboxylic acids is 1. The van der Waals surface area contributed by atoms with Crippen molar-refractivity contribution in [2.45, 2.75) is 72.2 Å². The number of halogens is 2. The third-order valence-corrected chi connectivity index (χ3v) is 6.20. The van der Waals surface area contributed by atoms with Gasteiger partial charge in [0.05, 0.1) is 24.9 Å². The van der Waals surface area contributed by atoms with Crippen LogP contribution in [0.1, 0.15) is 65.4 Å². The minimum absolute atomic E-state index is 0.0493. The highest BCUT2D eigenvalue weighted by atomic mass is 19.1. The van der Waals surface area contributed by atoms with E-state index in [2.05, 4.69) is 10.6 Å². The second-order valence-electron chi connectivity index (χ2n) is 12.2. The number of aliphatic hydroxyl groups excluding tert-OH is 2. The average Bonchev–Trinajstić information content (AvgIpc) is 3.33. The van der Waals surface area contributed by atoms with Crippen molar-refractivity contribution in [3.8, 4) is 11.3 Å². The fourth-order valence-electron chi connectivity index (χ4n) is 4.25. The van der Waals surface area contributed by atoms with Gasteiger partial charge in [-0.25, -0.2) is 23.4 Å². The summed E-state index contributed by atoms with van der Waals surface area (Å²) in [6, 6.07) is 11.3. The Kier molecular flexibility index (Phi) is 13.4. The molecule has 0 saturated heterocycles. The Labute approximate surface area is 257 Å². The minimum atomic E-state index is -1.19. The van der Waals surface area contributed by atoms with Crippen LogP contribution in [-0.2, 0) is 16.1 Å². The van der Waals surface area contributed by atoms with Crippen LogP contribution in [0.15, 0.2) is 54.7 Å². The predicted molar refractivity (Wildman–Crippen MR) is 163 cm³/mol. The number of rotatable bonds is 11. The van der Waals surface area contributed by atoms with Gasteiger partial charge >= 0.3 is 12.1 Å². The highest BCUT2D eigenvalue weighted by Crippen LogP contribution is 2.35. The number of amides is 1. The quantitative estimate of drug-likeness (QED) is 0.204. The molecule has 0 fully saturated rings. The lowest BCUT2D eigenvalue weighted by atomic mass is 9.86. The van der Waals surface area contributed by atoms with Crippen molar-refractivity contribution >= 4 is 12.1 Å². The lowest BCUT2D eigenvalue weighted by Gasteiger charge is -2.32. The van der Waals surface area contributed by atoms with Gasteiger partial charge in [0.1, 0.15) is 29.1 Å². The van der Waals surface area contributed by atoms with Gasteiger partial charge in [-0.3, -0.25) is 0 Å².